The molecule has 0 amide bonds. The van der Waals surface area contributed by atoms with Gasteiger partial charge in [0.25, 0.3) is 10.1 Å². The van der Waals surface area contributed by atoms with Crippen LogP contribution in [-0.4, -0.2) is 32.3 Å². The zero-order valence-corrected chi connectivity index (χ0v) is 6.82. The second-order valence-electron chi connectivity index (χ2n) is 1.48. The number of hydrogen-bond acceptors (Lipinski definition) is 4. The van der Waals surface area contributed by atoms with Crippen molar-refractivity contribution in [2.75, 3.05) is 19.3 Å². The van der Waals surface area contributed by atoms with Gasteiger partial charge < -0.3 is 5.73 Å². The summed E-state index contributed by atoms with van der Waals surface area (Å²) in [6.07, 6.45) is 0.715. The van der Waals surface area contributed by atoms with Crippen LogP contribution in [0.1, 0.15) is 0 Å². The normalized spacial score (nSPS) is 9.00. The minimum absolute atomic E-state index is 0.399. The van der Waals surface area contributed by atoms with E-state index in [1.54, 1.807) is 0 Å². The van der Waals surface area contributed by atoms with Crippen LogP contribution in [-0.2, 0) is 10.1 Å². The van der Waals surface area contributed by atoms with Crippen molar-refractivity contribution >= 4 is 10.1 Å². The smallest absolute Gasteiger partial charge is 0.261 e. The van der Waals surface area contributed by atoms with Gasteiger partial charge in [0.05, 0.1) is 6.26 Å². The second kappa shape index (κ2) is 7.29. The van der Waals surface area contributed by atoms with E-state index in [0.29, 0.717) is 19.3 Å². The van der Waals surface area contributed by atoms with E-state index in [9.17, 15) is 8.42 Å². The fourth-order valence-corrected chi connectivity index (χ4v) is 0.102. The molecule has 11 heavy (non-hydrogen) atoms. The molecule has 0 rings (SSSR count). The Morgan fingerprint density at radius 3 is 2.18 bits per heavy atom. The van der Waals surface area contributed by atoms with E-state index in [2.05, 4.69) is 10.0 Å². The maximum absolute atomic E-state index is 9.19. The van der Waals surface area contributed by atoms with Crippen LogP contribution >= 0.6 is 0 Å². The first-order chi connectivity index (χ1) is 4.91. The van der Waals surface area contributed by atoms with Crippen molar-refractivity contribution in [1.29, 1.82) is 0 Å². The predicted molar refractivity (Wildman–Crippen MR) is 40.5 cm³/mol. The molecule has 0 aromatic heterocycles. The third kappa shape index (κ3) is 99.6. The van der Waals surface area contributed by atoms with Crippen molar-refractivity contribution in [3.05, 3.63) is 10.4 Å². The zero-order chi connectivity index (χ0) is 9.33. The number of nitrogens with zero attached hydrogens (tertiary/aromatic N) is 3. The van der Waals surface area contributed by atoms with Gasteiger partial charge in [-0.3, -0.25) is 4.55 Å². The average molecular weight is 182 g/mol. The molecule has 3 N–H and O–H groups in total. The van der Waals surface area contributed by atoms with Crippen LogP contribution in [0.15, 0.2) is 5.11 Å². The number of hydrogen-bond donors (Lipinski definition) is 2. The molecule has 0 unspecified atom stereocenters. The molecule has 0 aliphatic carbocycles. The van der Waals surface area contributed by atoms with Crippen LogP contribution < -0.4 is 5.73 Å². The Hall–Kier alpha value is -0.820. The monoisotopic (exact) mass is 182 g/mol. The number of rotatable bonds is 2. The Kier molecular flexibility index (Phi) is 8.50. The molecule has 7 nitrogen and oxygen atoms in total. The summed E-state index contributed by atoms with van der Waals surface area (Å²) >= 11 is 0. The minimum Gasteiger partial charge on any atom is -0.330 e. The van der Waals surface area contributed by atoms with E-state index >= 15 is 0 Å². The van der Waals surface area contributed by atoms with E-state index < -0.39 is 10.1 Å². The zero-order valence-electron chi connectivity index (χ0n) is 6.01. The SMILES string of the molecule is CS(=O)(=O)O.[N-]=[N+]=NCCN. The van der Waals surface area contributed by atoms with E-state index in [4.69, 9.17) is 15.8 Å². The third-order valence-corrected chi connectivity index (χ3v) is 0.292. The standard InChI is InChI=1S/C2H6N4.CH4O3S/c3-1-2-5-6-4;1-5(2,3)4/h1-3H2;1H3,(H,2,3,4). The summed E-state index contributed by atoms with van der Waals surface area (Å²) in [4.78, 5) is 2.47. The molecule has 0 aliphatic rings. The molecule has 0 fully saturated rings. The Balaban J connectivity index is 0. The molecule has 0 atom stereocenters. The molecule has 0 saturated heterocycles. The predicted octanol–water partition coefficient (Wildman–Crippen LogP) is -0.241. The summed E-state index contributed by atoms with van der Waals surface area (Å²) in [5.74, 6) is 0. The highest BCUT2D eigenvalue weighted by molar-refractivity contribution is 7.85. The van der Waals surface area contributed by atoms with Crippen molar-refractivity contribution in [1.82, 2.24) is 0 Å². The molecule has 0 aromatic rings. The fraction of sp³-hybridized carbons (Fsp3) is 1.00. The van der Waals surface area contributed by atoms with Gasteiger partial charge in [-0.25, -0.2) is 0 Å². The van der Waals surface area contributed by atoms with Gasteiger partial charge in [0.15, 0.2) is 0 Å². The summed E-state index contributed by atoms with van der Waals surface area (Å²) in [5, 5.41) is 3.15. The van der Waals surface area contributed by atoms with Crippen molar-refractivity contribution in [3.8, 4) is 0 Å². The molecule has 0 bridgehead atoms. The van der Waals surface area contributed by atoms with Crippen LogP contribution in [0.5, 0.6) is 0 Å². The van der Waals surface area contributed by atoms with Crippen molar-refractivity contribution in [3.63, 3.8) is 0 Å². The lowest BCUT2D eigenvalue weighted by Gasteiger charge is -1.73. The highest BCUT2D eigenvalue weighted by atomic mass is 32.2. The number of azide groups is 1. The summed E-state index contributed by atoms with van der Waals surface area (Å²) < 4.78 is 25.9. The highest BCUT2D eigenvalue weighted by Gasteiger charge is 1.81. The minimum atomic E-state index is -3.67. The van der Waals surface area contributed by atoms with Crippen LogP contribution in [0.3, 0.4) is 0 Å². The topological polar surface area (TPSA) is 129 Å². The van der Waals surface area contributed by atoms with Crippen LogP contribution in [0.25, 0.3) is 10.4 Å². The van der Waals surface area contributed by atoms with Gasteiger partial charge in [0.1, 0.15) is 0 Å². The molecule has 0 radical (unpaired) electrons. The summed E-state index contributed by atoms with van der Waals surface area (Å²) in [6.45, 7) is 0.834. The Morgan fingerprint density at radius 1 is 1.73 bits per heavy atom. The third-order valence-electron chi connectivity index (χ3n) is 0.292. The summed E-state index contributed by atoms with van der Waals surface area (Å²) in [7, 11) is -3.67. The lowest BCUT2D eigenvalue weighted by Crippen LogP contribution is -2.00. The largest absolute Gasteiger partial charge is 0.330 e. The Bertz CT molecular complexity index is 209. The number of nitrogens with two attached hydrogens (primary N) is 1. The molecule has 0 aliphatic heterocycles. The van der Waals surface area contributed by atoms with Gasteiger partial charge in [0.2, 0.25) is 0 Å². The van der Waals surface area contributed by atoms with Crippen LogP contribution in [0.2, 0.25) is 0 Å². The van der Waals surface area contributed by atoms with E-state index in [1.165, 1.54) is 0 Å². The fourth-order valence-electron chi connectivity index (χ4n) is 0.102. The van der Waals surface area contributed by atoms with Gasteiger partial charge in [-0.1, -0.05) is 5.11 Å². The Labute approximate surface area is 64.6 Å². The molecule has 0 heterocycles. The van der Waals surface area contributed by atoms with Crippen molar-refractivity contribution < 1.29 is 13.0 Å². The van der Waals surface area contributed by atoms with Gasteiger partial charge in [-0.2, -0.15) is 8.42 Å². The van der Waals surface area contributed by atoms with Crippen LogP contribution in [0, 0.1) is 0 Å². The summed E-state index contributed by atoms with van der Waals surface area (Å²) in [6, 6.07) is 0. The maximum atomic E-state index is 9.19. The second-order valence-corrected chi connectivity index (χ2v) is 2.94. The molecular formula is C3H10N4O3S. The van der Waals surface area contributed by atoms with Gasteiger partial charge >= 0.3 is 0 Å². The van der Waals surface area contributed by atoms with E-state index in [-0.39, 0.29) is 0 Å². The maximum Gasteiger partial charge on any atom is 0.261 e. The first-order valence-corrected chi connectivity index (χ1v) is 4.40. The molecule has 0 spiro atoms. The lowest BCUT2D eigenvalue weighted by atomic mass is 10.7. The quantitative estimate of drug-likeness (QED) is 0.264. The molecule has 8 heteroatoms. The van der Waals surface area contributed by atoms with Gasteiger partial charge in [-0.15, -0.1) is 0 Å². The highest BCUT2D eigenvalue weighted by Crippen LogP contribution is 1.61. The van der Waals surface area contributed by atoms with Gasteiger partial charge in [0, 0.05) is 11.5 Å². The van der Waals surface area contributed by atoms with Gasteiger partial charge in [-0.05, 0) is 12.1 Å². The lowest BCUT2D eigenvalue weighted by molar-refractivity contribution is 0.490. The summed E-state index contributed by atoms with van der Waals surface area (Å²) in [5.41, 5.74) is 12.5. The van der Waals surface area contributed by atoms with E-state index in [0.717, 1.165) is 0 Å². The first kappa shape index (κ1) is 12.8. The first-order valence-electron chi connectivity index (χ1n) is 2.55. The van der Waals surface area contributed by atoms with Crippen molar-refractivity contribution in [2.24, 2.45) is 10.8 Å². The molecule has 66 valence electrons. The Morgan fingerprint density at radius 2 is 2.09 bits per heavy atom. The average Bonchev–Trinajstić information content (AvgIpc) is 1.79. The van der Waals surface area contributed by atoms with Crippen molar-refractivity contribution in [2.45, 2.75) is 0 Å². The van der Waals surface area contributed by atoms with Crippen LogP contribution in [0.4, 0.5) is 0 Å². The van der Waals surface area contributed by atoms with E-state index in [1.807, 2.05) is 0 Å². The molecule has 0 aromatic carbocycles. The molecular weight excluding hydrogens is 172 g/mol. The molecule has 0 saturated carbocycles.